The fraction of sp³-hybridized carbons (Fsp3) is 0.556. The summed E-state index contributed by atoms with van der Waals surface area (Å²) in [5, 5.41) is 9.95. The quantitative estimate of drug-likeness (QED) is 0.793. The number of aliphatic hydroxyl groups is 1. The van der Waals surface area contributed by atoms with Crippen molar-refractivity contribution in [3.8, 4) is 0 Å². The number of benzene rings is 1. The third-order valence-corrected chi connectivity index (χ3v) is 3.72. The summed E-state index contributed by atoms with van der Waals surface area (Å²) < 4.78 is 6.18. The van der Waals surface area contributed by atoms with Gasteiger partial charge in [-0.2, -0.15) is 0 Å². The van der Waals surface area contributed by atoms with Gasteiger partial charge in [0.05, 0.1) is 17.8 Å². The SMILES string of the molecule is C=C(C)c1ccccc1C(CC)(CC)OCC(C)(C)O. The van der Waals surface area contributed by atoms with Gasteiger partial charge in [0.25, 0.3) is 0 Å². The molecule has 1 aromatic rings. The molecular formula is C18H28O2. The van der Waals surface area contributed by atoms with Crippen molar-refractivity contribution < 1.29 is 9.84 Å². The molecule has 20 heavy (non-hydrogen) atoms. The van der Waals surface area contributed by atoms with Gasteiger partial charge in [-0.3, -0.25) is 0 Å². The Morgan fingerprint density at radius 1 is 1.20 bits per heavy atom. The van der Waals surface area contributed by atoms with Crippen LogP contribution in [0.15, 0.2) is 30.8 Å². The number of rotatable bonds is 7. The summed E-state index contributed by atoms with van der Waals surface area (Å²) in [6.45, 7) is 14.2. The van der Waals surface area contributed by atoms with Crippen LogP contribution in [0.2, 0.25) is 0 Å². The fourth-order valence-corrected chi connectivity index (χ4v) is 2.48. The summed E-state index contributed by atoms with van der Waals surface area (Å²) in [7, 11) is 0. The van der Waals surface area contributed by atoms with E-state index in [0.29, 0.717) is 6.61 Å². The topological polar surface area (TPSA) is 29.5 Å². The third-order valence-electron chi connectivity index (χ3n) is 3.72. The summed E-state index contributed by atoms with van der Waals surface area (Å²) >= 11 is 0. The monoisotopic (exact) mass is 276 g/mol. The van der Waals surface area contributed by atoms with Crippen LogP contribution >= 0.6 is 0 Å². The van der Waals surface area contributed by atoms with Crippen LogP contribution in [0.25, 0.3) is 5.57 Å². The largest absolute Gasteiger partial charge is 0.388 e. The smallest absolute Gasteiger partial charge is 0.0933 e. The van der Waals surface area contributed by atoms with E-state index < -0.39 is 5.60 Å². The third kappa shape index (κ3) is 3.94. The van der Waals surface area contributed by atoms with Gasteiger partial charge < -0.3 is 9.84 Å². The maximum Gasteiger partial charge on any atom is 0.0933 e. The van der Waals surface area contributed by atoms with Crippen molar-refractivity contribution in [2.45, 2.75) is 58.7 Å². The minimum absolute atomic E-state index is 0.319. The van der Waals surface area contributed by atoms with Crippen molar-refractivity contribution in [1.29, 1.82) is 0 Å². The second-order valence-corrected chi connectivity index (χ2v) is 6.13. The lowest BCUT2D eigenvalue weighted by atomic mass is 9.83. The highest BCUT2D eigenvalue weighted by molar-refractivity contribution is 5.65. The molecule has 0 saturated carbocycles. The molecule has 2 heteroatoms. The normalized spacial score (nSPS) is 12.5. The first kappa shape index (κ1) is 16.9. The van der Waals surface area contributed by atoms with Crippen molar-refractivity contribution in [1.82, 2.24) is 0 Å². The zero-order valence-electron chi connectivity index (χ0n) is 13.5. The van der Waals surface area contributed by atoms with Gasteiger partial charge in [-0.05, 0) is 44.7 Å². The van der Waals surface area contributed by atoms with E-state index in [2.05, 4.69) is 32.6 Å². The van der Waals surface area contributed by atoms with Crippen LogP contribution in [-0.4, -0.2) is 17.3 Å². The van der Waals surface area contributed by atoms with E-state index in [1.165, 1.54) is 5.56 Å². The number of hydrogen-bond acceptors (Lipinski definition) is 2. The average Bonchev–Trinajstić information content (AvgIpc) is 2.40. The maximum atomic E-state index is 9.95. The molecule has 0 radical (unpaired) electrons. The van der Waals surface area contributed by atoms with Gasteiger partial charge >= 0.3 is 0 Å². The Bertz CT molecular complexity index is 451. The molecule has 0 unspecified atom stereocenters. The minimum Gasteiger partial charge on any atom is -0.388 e. The van der Waals surface area contributed by atoms with E-state index in [1.54, 1.807) is 13.8 Å². The molecular weight excluding hydrogens is 248 g/mol. The molecule has 0 heterocycles. The van der Waals surface area contributed by atoms with Crippen LogP contribution in [0.1, 0.15) is 58.6 Å². The van der Waals surface area contributed by atoms with Crippen LogP contribution in [0.3, 0.4) is 0 Å². The molecule has 1 aromatic carbocycles. The van der Waals surface area contributed by atoms with E-state index in [-0.39, 0.29) is 5.60 Å². The number of allylic oxidation sites excluding steroid dienone is 1. The second kappa shape index (κ2) is 6.55. The molecule has 0 atom stereocenters. The van der Waals surface area contributed by atoms with Crippen LogP contribution in [0.4, 0.5) is 0 Å². The standard InChI is InChI=1S/C18H28O2/c1-7-18(8-2,20-13-17(5,6)19)16-12-10-9-11-15(16)14(3)4/h9-12,19H,3,7-8,13H2,1-2,4-6H3. The van der Waals surface area contributed by atoms with Gasteiger partial charge in [-0.25, -0.2) is 0 Å². The van der Waals surface area contributed by atoms with Crippen LogP contribution in [0.5, 0.6) is 0 Å². The Hall–Kier alpha value is -1.12. The lowest BCUT2D eigenvalue weighted by Gasteiger charge is -2.36. The fourth-order valence-electron chi connectivity index (χ4n) is 2.48. The average molecular weight is 276 g/mol. The van der Waals surface area contributed by atoms with E-state index in [1.807, 2.05) is 19.1 Å². The molecule has 1 N–H and O–H groups in total. The first-order valence-corrected chi connectivity index (χ1v) is 7.37. The van der Waals surface area contributed by atoms with Crippen molar-refractivity contribution in [2.75, 3.05) is 6.61 Å². The van der Waals surface area contributed by atoms with Gasteiger partial charge in [-0.15, -0.1) is 0 Å². The molecule has 0 aromatic heterocycles. The highest BCUT2D eigenvalue weighted by atomic mass is 16.5. The molecule has 1 rings (SSSR count). The Morgan fingerprint density at radius 2 is 1.75 bits per heavy atom. The summed E-state index contributed by atoms with van der Waals surface area (Å²) in [5.41, 5.74) is 2.16. The van der Waals surface area contributed by atoms with Gasteiger partial charge in [0.15, 0.2) is 0 Å². The lowest BCUT2D eigenvalue weighted by molar-refractivity contribution is -0.116. The second-order valence-electron chi connectivity index (χ2n) is 6.13. The zero-order valence-corrected chi connectivity index (χ0v) is 13.5. The molecule has 0 amide bonds. The Labute approximate surface area is 123 Å². The number of ether oxygens (including phenoxy) is 1. The Balaban J connectivity index is 3.22. The van der Waals surface area contributed by atoms with Gasteiger partial charge in [0.1, 0.15) is 0 Å². The van der Waals surface area contributed by atoms with Crippen molar-refractivity contribution >= 4 is 5.57 Å². The zero-order chi connectivity index (χ0) is 15.4. The first-order valence-electron chi connectivity index (χ1n) is 7.37. The van der Waals surface area contributed by atoms with Crippen molar-refractivity contribution in [3.63, 3.8) is 0 Å². The maximum absolute atomic E-state index is 9.95. The van der Waals surface area contributed by atoms with Gasteiger partial charge in [-0.1, -0.05) is 50.3 Å². The minimum atomic E-state index is -0.826. The predicted molar refractivity (Wildman–Crippen MR) is 85.7 cm³/mol. The highest BCUT2D eigenvalue weighted by Gasteiger charge is 2.33. The first-order chi connectivity index (χ1) is 9.25. The molecule has 0 aliphatic rings. The molecule has 0 aliphatic carbocycles. The van der Waals surface area contributed by atoms with Crippen LogP contribution < -0.4 is 0 Å². The Kier molecular flexibility index (Phi) is 5.55. The predicted octanol–water partition coefficient (Wildman–Crippen LogP) is 4.52. The molecule has 0 fully saturated rings. The van der Waals surface area contributed by atoms with E-state index in [4.69, 9.17) is 4.74 Å². The highest BCUT2D eigenvalue weighted by Crippen LogP contribution is 2.37. The van der Waals surface area contributed by atoms with Gasteiger partial charge in [0.2, 0.25) is 0 Å². The lowest BCUT2D eigenvalue weighted by Crippen LogP contribution is -2.36. The number of hydrogen-bond donors (Lipinski definition) is 1. The summed E-state index contributed by atoms with van der Waals surface area (Å²) in [6.07, 6.45) is 1.73. The van der Waals surface area contributed by atoms with E-state index >= 15 is 0 Å². The summed E-state index contributed by atoms with van der Waals surface area (Å²) in [5.74, 6) is 0. The molecule has 0 bridgehead atoms. The summed E-state index contributed by atoms with van der Waals surface area (Å²) in [6, 6.07) is 8.27. The molecule has 0 aliphatic heterocycles. The molecule has 0 spiro atoms. The molecule has 2 nitrogen and oxygen atoms in total. The Morgan fingerprint density at radius 3 is 2.20 bits per heavy atom. The summed E-state index contributed by atoms with van der Waals surface area (Å²) in [4.78, 5) is 0. The van der Waals surface area contributed by atoms with Crippen molar-refractivity contribution in [3.05, 3.63) is 42.0 Å². The van der Waals surface area contributed by atoms with Crippen LogP contribution in [-0.2, 0) is 10.3 Å². The molecule has 112 valence electrons. The van der Waals surface area contributed by atoms with E-state index in [0.717, 1.165) is 24.0 Å². The van der Waals surface area contributed by atoms with Gasteiger partial charge in [0, 0.05) is 0 Å². The van der Waals surface area contributed by atoms with Crippen LogP contribution in [0, 0.1) is 0 Å². The van der Waals surface area contributed by atoms with E-state index in [9.17, 15) is 5.11 Å². The van der Waals surface area contributed by atoms with Crippen molar-refractivity contribution in [2.24, 2.45) is 0 Å². The molecule has 0 saturated heterocycles.